The van der Waals surface area contributed by atoms with Gasteiger partial charge < -0.3 is 5.32 Å². The van der Waals surface area contributed by atoms with Crippen molar-refractivity contribution < 1.29 is 14.5 Å². The summed E-state index contributed by atoms with van der Waals surface area (Å²) >= 11 is 10.8. The quantitative estimate of drug-likeness (QED) is 0.506. The molecule has 0 aliphatic rings. The number of carbonyl (C=O) groups excluding carboxylic acids is 2. The first-order valence-corrected chi connectivity index (χ1v) is 5.45. The maximum Gasteiger partial charge on any atom is 0.325 e. The van der Waals surface area contributed by atoms with Crippen LogP contribution in [0.25, 0.3) is 0 Å². The van der Waals surface area contributed by atoms with E-state index in [0.717, 1.165) is 12.1 Å². The lowest BCUT2D eigenvalue weighted by Gasteiger charge is -2.05. The zero-order chi connectivity index (χ0) is 13.7. The molecule has 9 heteroatoms. The van der Waals surface area contributed by atoms with Gasteiger partial charge in [-0.25, -0.2) is 4.79 Å². The molecule has 0 saturated heterocycles. The Morgan fingerprint density at radius 3 is 2.56 bits per heavy atom. The first-order valence-electron chi connectivity index (χ1n) is 4.54. The number of alkyl halides is 1. The van der Waals surface area contributed by atoms with Gasteiger partial charge in [-0.2, -0.15) is 0 Å². The number of nitro benzene ring substituents is 1. The summed E-state index contributed by atoms with van der Waals surface area (Å²) in [7, 11) is 0. The summed E-state index contributed by atoms with van der Waals surface area (Å²) in [6, 6.07) is 2.70. The van der Waals surface area contributed by atoms with E-state index in [1.165, 1.54) is 6.07 Å². The highest BCUT2D eigenvalue weighted by atomic mass is 35.5. The lowest BCUT2D eigenvalue weighted by Crippen LogP contribution is -2.35. The molecule has 0 fully saturated rings. The van der Waals surface area contributed by atoms with Crippen LogP contribution in [0.1, 0.15) is 0 Å². The molecule has 3 amide bonds. The molecule has 7 nitrogen and oxygen atoms in total. The lowest BCUT2D eigenvalue weighted by molar-refractivity contribution is -0.384. The van der Waals surface area contributed by atoms with Gasteiger partial charge in [-0.1, -0.05) is 11.6 Å². The van der Waals surface area contributed by atoms with Gasteiger partial charge in [0.25, 0.3) is 5.69 Å². The number of carbonyl (C=O) groups is 2. The number of amides is 3. The van der Waals surface area contributed by atoms with Crippen molar-refractivity contribution >= 4 is 46.5 Å². The second-order valence-corrected chi connectivity index (χ2v) is 3.79. The second kappa shape index (κ2) is 6.18. The number of non-ortho nitro benzene ring substituents is 1. The van der Waals surface area contributed by atoms with Crippen LogP contribution in [0.5, 0.6) is 0 Å². The first-order chi connectivity index (χ1) is 8.42. The third-order valence-electron chi connectivity index (χ3n) is 1.73. The van der Waals surface area contributed by atoms with Gasteiger partial charge in [0.1, 0.15) is 5.88 Å². The molecule has 0 radical (unpaired) electrons. The number of benzene rings is 1. The Hall–Kier alpha value is -1.86. The number of halogens is 2. The van der Waals surface area contributed by atoms with Crippen LogP contribution >= 0.6 is 23.2 Å². The van der Waals surface area contributed by atoms with Gasteiger partial charge in [0.2, 0.25) is 5.91 Å². The number of hydrogen-bond donors (Lipinski definition) is 2. The van der Waals surface area contributed by atoms with Gasteiger partial charge in [-0.3, -0.25) is 20.2 Å². The average Bonchev–Trinajstić information content (AvgIpc) is 2.27. The molecule has 1 aromatic carbocycles. The molecule has 0 atom stereocenters. The van der Waals surface area contributed by atoms with Gasteiger partial charge in [0.15, 0.2) is 0 Å². The fourth-order valence-electron chi connectivity index (χ4n) is 1.07. The molecular weight excluding hydrogens is 285 g/mol. The molecule has 1 rings (SSSR count). The SMILES string of the molecule is O=C(CCl)NC(=O)Nc1cc(Cl)cc([N+](=O)[O-])c1. The van der Waals surface area contributed by atoms with Crippen LogP contribution in [0.15, 0.2) is 18.2 Å². The van der Waals surface area contributed by atoms with Crippen molar-refractivity contribution in [2.24, 2.45) is 0 Å². The van der Waals surface area contributed by atoms with Crippen LogP contribution in [0.4, 0.5) is 16.2 Å². The van der Waals surface area contributed by atoms with E-state index >= 15 is 0 Å². The highest BCUT2D eigenvalue weighted by molar-refractivity contribution is 6.31. The Bertz CT molecular complexity index is 507. The first kappa shape index (κ1) is 14.2. The van der Waals surface area contributed by atoms with Crippen molar-refractivity contribution in [1.29, 1.82) is 0 Å². The minimum absolute atomic E-state index is 0.0863. The lowest BCUT2D eigenvalue weighted by atomic mass is 10.3. The largest absolute Gasteiger partial charge is 0.325 e. The minimum Gasteiger partial charge on any atom is -0.307 e. The van der Waals surface area contributed by atoms with Crippen LogP contribution in [-0.4, -0.2) is 22.7 Å². The molecular formula is C9H7Cl2N3O4. The van der Waals surface area contributed by atoms with E-state index in [0.29, 0.717) is 0 Å². The van der Waals surface area contributed by atoms with Crippen LogP contribution < -0.4 is 10.6 Å². The fourth-order valence-corrected chi connectivity index (χ4v) is 1.37. The maximum atomic E-state index is 11.3. The van der Waals surface area contributed by atoms with E-state index in [2.05, 4.69) is 5.32 Å². The molecule has 0 aliphatic heterocycles. The summed E-state index contributed by atoms with van der Waals surface area (Å²) in [5.74, 6) is -1.06. The topological polar surface area (TPSA) is 101 Å². The van der Waals surface area contributed by atoms with Crippen molar-refractivity contribution in [3.8, 4) is 0 Å². The van der Waals surface area contributed by atoms with E-state index in [1.807, 2.05) is 5.32 Å². The number of rotatable bonds is 3. The van der Waals surface area contributed by atoms with E-state index in [9.17, 15) is 19.7 Å². The van der Waals surface area contributed by atoms with E-state index in [4.69, 9.17) is 23.2 Å². The van der Waals surface area contributed by atoms with E-state index < -0.39 is 16.9 Å². The number of imide groups is 1. The predicted octanol–water partition coefficient (Wildman–Crippen LogP) is 2.14. The number of anilines is 1. The zero-order valence-corrected chi connectivity index (χ0v) is 10.3. The molecule has 18 heavy (non-hydrogen) atoms. The Kier molecular flexibility index (Phi) is 4.87. The standard InChI is InChI=1S/C9H7Cl2N3O4/c10-4-8(15)13-9(16)12-6-1-5(11)2-7(3-6)14(17)18/h1-3H,4H2,(H2,12,13,15,16). The monoisotopic (exact) mass is 291 g/mol. The number of nitrogens with zero attached hydrogens (tertiary/aromatic N) is 1. The van der Waals surface area contributed by atoms with Crippen molar-refractivity contribution in [1.82, 2.24) is 5.32 Å². The van der Waals surface area contributed by atoms with Crippen molar-refractivity contribution in [3.05, 3.63) is 33.3 Å². The van der Waals surface area contributed by atoms with Crippen molar-refractivity contribution in [3.63, 3.8) is 0 Å². The Labute approximate surface area is 111 Å². The van der Waals surface area contributed by atoms with Crippen molar-refractivity contribution in [2.45, 2.75) is 0 Å². The Morgan fingerprint density at radius 2 is 2.00 bits per heavy atom. The summed E-state index contributed by atoms with van der Waals surface area (Å²) in [6.07, 6.45) is 0. The summed E-state index contributed by atoms with van der Waals surface area (Å²) in [4.78, 5) is 32.0. The molecule has 0 bridgehead atoms. The Balaban J connectivity index is 2.81. The minimum atomic E-state index is -0.850. The number of hydrogen-bond acceptors (Lipinski definition) is 4. The number of nitrogens with one attached hydrogen (secondary N) is 2. The molecule has 0 saturated carbocycles. The molecule has 0 unspecified atom stereocenters. The molecule has 0 aromatic heterocycles. The van der Waals surface area contributed by atoms with Crippen LogP contribution in [-0.2, 0) is 4.79 Å². The highest BCUT2D eigenvalue weighted by Crippen LogP contribution is 2.23. The van der Waals surface area contributed by atoms with E-state index in [-0.39, 0.29) is 22.3 Å². The van der Waals surface area contributed by atoms with Gasteiger partial charge >= 0.3 is 6.03 Å². The highest BCUT2D eigenvalue weighted by Gasteiger charge is 2.12. The normalized spacial score (nSPS) is 9.67. The smallest absolute Gasteiger partial charge is 0.307 e. The zero-order valence-electron chi connectivity index (χ0n) is 8.78. The van der Waals surface area contributed by atoms with Crippen molar-refractivity contribution in [2.75, 3.05) is 11.2 Å². The third-order valence-corrected chi connectivity index (χ3v) is 2.19. The average molecular weight is 292 g/mol. The summed E-state index contributed by atoms with van der Waals surface area (Å²) in [5, 5.41) is 14.8. The molecule has 96 valence electrons. The number of nitro groups is 1. The molecule has 1 aromatic rings. The molecule has 0 heterocycles. The van der Waals surface area contributed by atoms with E-state index in [1.54, 1.807) is 0 Å². The summed E-state index contributed by atoms with van der Waals surface area (Å²) in [6.45, 7) is 0. The summed E-state index contributed by atoms with van der Waals surface area (Å²) < 4.78 is 0. The third kappa shape index (κ3) is 4.19. The summed E-state index contributed by atoms with van der Waals surface area (Å²) in [5.41, 5.74) is -0.185. The maximum absolute atomic E-state index is 11.3. The van der Waals surface area contributed by atoms with Crippen LogP contribution in [0.3, 0.4) is 0 Å². The molecule has 0 spiro atoms. The predicted molar refractivity (Wildman–Crippen MR) is 66.0 cm³/mol. The van der Waals surface area contributed by atoms with Crippen LogP contribution in [0.2, 0.25) is 5.02 Å². The molecule has 2 N–H and O–H groups in total. The fraction of sp³-hybridized carbons (Fsp3) is 0.111. The Morgan fingerprint density at radius 1 is 1.33 bits per heavy atom. The van der Waals surface area contributed by atoms with Gasteiger partial charge in [-0.05, 0) is 6.07 Å². The van der Waals surface area contributed by atoms with Gasteiger partial charge in [0.05, 0.1) is 10.6 Å². The second-order valence-electron chi connectivity index (χ2n) is 3.09. The number of urea groups is 1. The van der Waals surface area contributed by atoms with Gasteiger partial charge in [0, 0.05) is 17.2 Å². The van der Waals surface area contributed by atoms with Crippen LogP contribution in [0, 0.1) is 10.1 Å². The van der Waals surface area contributed by atoms with Gasteiger partial charge in [-0.15, -0.1) is 11.6 Å². The molecule has 0 aliphatic carbocycles.